The molecular weight excluding hydrogens is 294 g/mol. The maximum atomic E-state index is 11.0. The molecule has 0 aromatic rings. The fourth-order valence-corrected chi connectivity index (χ4v) is 2.02. The van der Waals surface area contributed by atoms with Gasteiger partial charge in [0.2, 0.25) is 5.70 Å². The van der Waals surface area contributed by atoms with Crippen molar-refractivity contribution in [2.75, 3.05) is 0 Å². The quantitative estimate of drug-likeness (QED) is 0.204. The monoisotopic (exact) mass is 323 g/mol. The average molecular weight is 323 g/mol. The molecule has 0 saturated carbocycles. The van der Waals surface area contributed by atoms with Crippen LogP contribution in [0.25, 0.3) is 0 Å². The molecule has 0 radical (unpaired) electrons. The smallest absolute Gasteiger partial charge is 0.303 e. The second-order valence-corrected chi connectivity index (χ2v) is 5.47. The molecule has 0 heterocycles. The van der Waals surface area contributed by atoms with Crippen molar-refractivity contribution in [1.82, 2.24) is 0 Å². The third kappa shape index (κ3) is 14.8. The fraction of sp³-hybridized carbons (Fsp3) is 0.611. The highest BCUT2D eigenvalue weighted by Crippen LogP contribution is 2.08. The van der Waals surface area contributed by atoms with Gasteiger partial charge in [-0.2, -0.15) is 0 Å². The van der Waals surface area contributed by atoms with Crippen LogP contribution in [0.3, 0.4) is 0 Å². The summed E-state index contributed by atoms with van der Waals surface area (Å²) in [6.07, 6.45) is 17.3. The molecule has 0 aliphatic heterocycles. The molecule has 0 bridgehead atoms. The molecule has 0 fully saturated rings. The van der Waals surface area contributed by atoms with Crippen molar-refractivity contribution in [2.45, 2.75) is 71.1 Å². The molecule has 23 heavy (non-hydrogen) atoms. The molecule has 0 rings (SSSR count). The van der Waals surface area contributed by atoms with Crippen LogP contribution >= 0.6 is 0 Å². The first kappa shape index (κ1) is 21.1. The van der Waals surface area contributed by atoms with Crippen LogP contribution in [0.5, 0.6) is 0 Å². The van der Waals surface area contributed by atoms with Crippen molar-refractivity contribution in [3.05, 3.63) is 46.2 Å². The first-order valence-electron chi connectivity index (χ1n) is 8.43. The number of hydrogen-bond acceptors (Lipinski definition) is 3. The topological polar surface area (TPSA) is 80.4 Å². The van der Waals surface area contributed by atoms with Crippen LogP contribution < -0.4 is 0 Å². The van der Waals surface area contributed by atoms with Crippen molar-refractivity contribution in [1.29, 1.82) is 0 Å². The van der Waals surface area contributed by atoms with Crippen LogP contribution in [0.1, 0.15) is 71.1 Å². The van der Waals surface area contributed by atoms with Gasteiger partial charge in [0.15, 0.2) is 0 Å². The summed E-state index contributed by atoms with van der Waals surface area (Å²) in [6, 6.07) is 0. The van der Waals surface area contributed by atoms with Gasteiger partial charge in [-0.1, -0.05) is 44.1 Å². The lowest BCUT2D eigenvalue weighted by molar-refractivity contribution is -0.427. The minimum atomic E-state index is -0.782. The number of nitrogens with zero attached hydrogens (tertiary/aromatic N) is 1. The number of rotatable bonds is 14. The number of hydrogen-bond donors (Lipinski definition) is 1. The molecule has 5 nitrogen and oxygen atoms in total. The normalized spacial score (nSPS) is 12.3. The first-order chi connectivity index (χ1) is 11.1. The van der Waals surface area contributed by atoms with Crippen LogP contribution in [0.2, 0.25) is 0 Å². The Morgan fingerprint density at radius 3 is 2.30 bits per heavy atom. The summed E-state index contributed by atoms with van der Waals surface area (Å²) >= 11 is 0. The summed E-state index contributed by atoms with van der Waals surface area (Å²) in [5.74, 6) is -0.782. The lowest BCUT2D eigenvalue weighted by Gasteiger charge is -1.95. The van der Waals surface area contributed by atoms with Crippen LogP contribution in [-0.2, 0) is 4.79 Å². The summed E-state index contributed by atoms with van der Waals surface area (Å²) < 4.78 is 0. The van der Waals surface area contributed by atoms with E-state index in [0.29, 0.717) is 19.3 Å². The molecule has 0 unspecified atom stereocenters. The summed E-state index contributed by atoms with van der Waals surface area (Å²) in [4.78, 5) is 21.0. The fourth-order valence-electron chi connectivity index (χ4n) is 2.02. The molecule has 5 heteroatoms. The van der Waals surface area contributed by atoms with E-state index in [-0.39, 0.29) is 17.0 Å². The van der Waals surface area contributed by atoms with Gasteiger partial charge in [0.1, 0.15) is 0 Å². The standard InChI is InChI=1S/C18H29NO4/c1-2-3-4-5-6-8-11-14-17(19(22)23)15-12-9-7-10-13-16-18(20)21/h6,8-9,12,14H,2-5,7,10-11,13,15-16H2,1H3,(H,20,21). The SMILES string of the molecule is CCCCCC=CCC=C(CC=CCCCCC(=O)O)[N+](=O)[O-]. The van der Waals surface area contributed by atoms with E-state index < -0.39 is 5.97 Å². The van der Waals surface area contributed by atoms with Crippen molar-refractivity contribution >= 4 is 5.97 Å². The van der Waals surface area contributed by atoms with Gasteiger partial charge in [0, 0.05) is 6.42 Å². The highest BCUT2D eigenvalue weighted by molar-refractivity contribution is 5.66. The molecule has 0 atom stereocenters. The van der Waals surface area contributed by atoms with Crippen LogP contribution in [0, 0.1) is 10.1 Å². The minimum Gasteiger partial charge on any atom is -0.481 e. The largest absolute Gasteiger partial charge is 0.481 e. The molecule has 1 N–H and O–H groups in total. The molecular formula is C18H29NO4. The third-order valence-electron chi connectivity index (χ3n) is 3.37. The zero-order valence-electron chi connectivity index (χ0n) is 14.1. The van der Waals surface area contributed by atoms with Gasteiger partial charge in [0.25, 0.3) is 0 Å². The predicted molar refractivity (Wildman–Crippen MR) is 92.8 cm³/mol. The predicted octanol–water partition coefficient (Wildman–Crippen LogP) is 5.26. The van der Waals surface area contributed by atoms with E-state index in [1.54, 1.807) is 12.2 Å². The summed E-state index contributed by atoms with van der Waals surface area (Å²) in [7, 11) is 0. The minimum absolute atomic E-state index is 0.179. The van der Waals surface area contributed by atoms with Crippen LogP contribution in [0.15, 0.2) is 36.1 Å². The summed E-state index contributed by atoms with van der Waals surface area (Å²) in [6.45, 7) is 2.16. The molecule has 0 aliphatic carbocycles. The molecule has 0 aromatic carbocycles. The van der Waals surface area contributed by atoms with E-state index >= 15 is 0 Å². The highest BCUT2D eigenvalue weighted by atomic mass is 16.6. The Balaban J connectivity index is 3.99. The summed E-state index contributed by atoms with van der Waals surface area (Å²) in [5.41, 5.74) is 0.213. The Labute approximate surface area is 138 Å². The number of aliphatic carboxylic acids is 1. The van der Waals surface area contributed by atoms with Gasteiger partial charge in [-0.3, -0.25) is 14.9 Å². The van der Waals surface area contributed by atoms with Crippen molar-refractivity contribution in [3.63, 3.8) is 0 Å². The number of nitro groups is 1. The Bertz CT molecular complexity index is 425. The average Bonchev–Trinajstić information content (AvgIpc) is 2.50. The van der Waals surface area contributed by atoms with Gasteiger partial charge in [-0.25, -0.2) is 0 Å². The second kappa shape index (κ2) is 15.0. The Hall–Kier alpha value is -1.91. The first-order valence-corrected chi connectivity index (χ1v) is 8.43. The molecule has 0 amide bonds. The number of carboxylic acid groups (broad SMARTS) is 1. The van der Waals surface area contributed by atoms with Gasteiger partial charge >= 0.3 is 5.97 Å². The molecule has 0 spiro atoms. The van der Waals surface area contributed by atoms with E-state index in [1.165, 1.54) is 19.3 Å². The van der Waals surface area contributed by atoms with Crippen molar-refractivity contribution in [3.8, 4) is 0 Å². The molecule has 0 aliphatic rings. The second-order valence-electron chi connectivity index (χ2n) is 5.47. The highest BCUT2D eigenvalue weighted by Gasteiger charge is 2.06. The Kier molecular flexibility index (Phi) is 13.8. The van der Waals surface area contributed by atoms with E-state index in [0.717, 1.165) is 19.3 Å². The molecule has 0 aromatic heterocycles. The molecule has 130 valence electrons. The molecule has 0 saturated heterocycles. The number of carboxylic acids is 1. The van der Waals surface area contributed by atoms with Gasteiger partial charge in [0.05, 0.1) is 11.3 Å². The van der Waals surface area contributed by atoms with Crippen molar-refractivity contribution in [2.24, 2.45) is 0 Å². The zero-order chi connectivity index (χ0) is 17.3. The third-order valence-corrected chi connectivity index (χ3v) is 3.37. The summed E-state index contributed by atoms with van der Waals surface area (Å²) in [5, 5.41) is 19.5. The van der Waals surface area contributed by atoms with Gasteiger partial charge in [-0.05, 0) is 44.6 Å². The van der Waals surface area contributed by atoms with Crippen LogP contribution in [0.4, 0.5) is 0 Å². The Morgan fingerprint density at radius 1 is 1.04 bits per heavy atom. The van der Waals surface area contributed by atoms with E-state index in [2.05, 4.69) is 13.0 Å². The van der Waals surface area contributed by atoms with E-state index in [9.17, 15) is 14.9 Å². The van der Waals surface area contributed by atoms with E-state index in [4.69, 9.17) is 5.11 Å². The van der Waals surface area contributed by atoms with Gasteiger partial charge in [-0.15, -0.1) is 0 Å². The maximum absolute atomic E-state index is 11.0. The Morgan fingerprint density at radius 2 is 1.70 bits per heavy atom. The number of carbonyl (C=O) groups is 1. The zero-order valence-corrected chi connectivity index (χ0v) is 14.1. The van der Waals surface area contributed by atoms with Gasteiger partial charge < -0.3 is 5.11 Å². The lowest BCUT2D eigenvalue weighted by atomic mass is 10.1. The van der Waals surface area contributed by atoms with Crippen LogP contribution in [-0.4, -0.2) is 16.0 Å². The lowest BCUT2D eigenvalue weighted by Crippen LogP contribution is -1.97. The number of allylic oxidation sites excluding steroid dienone is 5. The van der Waals surface area contributed by atoms with Crippen molar-refractivity contribution < 1.29 is 14.8 Å². The van der Waals surface area contributed by atoms with E-state index in [1.807, 2.05) is 12.2 Å². The number of unbranched alkanes of at least 4 members (excludes halogenated alkanes) is 5. The maximum Gasteiger partial charge on any atom is 0.303 e.